The van der Waals surface area contributed by atoms with Crippen LogP contribution in [-0.4, -0.2) is 55.7 Å². The molecule has 160 valence electrons. The Hall–Kier alpha value is -2.75. The third-order valence-corrected chi connectivity index (χ3v) is 7.26. The first kappa shape index (κ1) is 21.9. The number of hydrogen-bond acceptors (Lipinski definition) is 5. The highest BCUT2D eigenvalue weighted by Crippen LogP contribution is 2.26. The highest BCUT2D eigenvalue weighted by Gasteiger charge is 2.35. The molecule has 0 radical (unpaired) electrons. The Morgan fingerprint density at radius 2 is 1.63 bits per heavy atom. The highest BCUT2D eigenvalue weighted by molar-refractivity contribution is 7.89. The first-order chi connectivity index (χ1) is 14.2. The van der Waals surface area contributed by atoms with Gasteiger partial charge in [-0.25, -0.2) is 13.2 Å². The van der Waals surface area contributed by atoms with Crippen LogP contribution in [0.25, 0.3) is 0 Å². The van der Waals surface area contributed by atoms with Crippen molar-refractivity contribution in [2.75, 3.05) is 26.2 Å². The van der Waals surface area contributed by atoms with E-state index in [-0.39, 0.29) is 13.1 Å². The maximum absolute atomic E-state index is 13.1. The molecule has 8 nitrogen and oxygen atoms in total. The minimum atomic E-state index is -3.63. The van der Waals surface area contributed by atoms with Gasteiger partial charge in [0.05, 0.1) is 4.90 Å². The van der Waals surface area contributed by atoms with Gasteiger partial charge in [0.2, 0.25) is 15.9 Å². The summed E-state index contributed by atoms with van der Waals surface area (Å²) in [5.74, 6) is -0.528. The van der Waals surface area contributed by atoms with Gasteiger partial charge in [0, 0.05) is 26.2 Å². The van der Waals surface area contributed by atoms with E-state index in [0.717, 1.165) is 5.56 Å². The average Bonchev–Trinajstić information content (AvgIpc) is 2.68. The Morgan fingerprint density at radius 3 is 2.20 bits per heavy atom. The summed E-state index contributed by atoms with van der Waals surface area (Å²) in [5.41, 5.74) is 7.55. The molecule has 3 amide bonds. The van der Waals surface area contributed by atoms with E-state index in [1.807, 2.05) is 24.0 Å². The summed E-state index contributed by atoms with van der Waals surface area (Å²) in [7, 11) is -3.63. The lowest BCUT2D eigenvalue weighted by atomic mass is 10.0. The van der Waals surface area contributed by atoms with Gasteiger partial charge < -0.3 is 5.73 Å². The number of nitrogens with one attached hydrogen (secondary N) is 1. The molecule has 1 atom stereocenters. The second-order valence-electron chi connectivity index (χ2n) is 7.38. The minimum absolute atomic E-state index is 0.239. The predicted molar refractivity (Wildman–Crippen MR) is 113 cm³/mol. The summed E-state index contributed by atoms with van der Waals surface area (Å²) in [6.07, 6.45) is 0. The topological polar surface area (TPSA) is 113 Å². The molecule has 0 aromatic heterocycles. The molecule has 0 aliphatic carbocycles. The summed E-state index contributed by atoms with van der Waals surface area (Å²) >= 11 is 0. The van der Waals surface area contributed by atoms with Crippen molar-refractivity contribution in [1.82, 2.24) is 14.5 Å². The molecule has 1 aliphatic heterocycles. The van der Waals surface area contributed by atoms with E-state index in [1.54, 1.807) is 43.3 Å². The van der Waals surface area contributed by atoms with Crippen molar-refractivity contribution in [3.8, 4) is 0 Å². The molecule has 0 spiro atoms. The number of nitrogens with zero attached hydrogens (tertiary/aromatic N) is 2. The van der Waals surface area contributed by atoms with E-state index in [9.17, 15) is 18.0 Å². The Morgan fingerprint density at radius 1 is 1.00 bits per heavy atom. The van der Waals surface area contributed by atoms with Crippen molar-refractivity contribution in [3.05, 3.63) is 65.2 Å². The Bertz CT molecular complexity index is 1030. The molecule has 0 saturated carbocycles. The number of hydrogen-bond donors (Lipinski definition) is 2. The predicted octanol–water partition coefficient (Wildman–Crippen LogP) is 1.55. The van der Waals surface area contributed by atoms with Crippen molar-refractivity contribution in [2.45, 2.75) is 24.8 Å². The number of sulfonamides is 1. The largest absolute Gasteiger partial charge is 0.351 e. The maximum Gasteiger partial charge on any atom is 0.318 e. The lowest BCUT2D eigenvalue weighted by Gasteiger charge is -2.38. The molecule has 1 unspecified atom stereocenters. The maximum atomic E-state index is 13.1. The zero-order valence-electron chi connectivity index (χ0n) is 17.0. The second-order valence-corrected chi connectivity index (χ2v) is 9.28. The molecule has 9 heteroatoms. The fraction of sp³-hybridized carbons (Fsp3) is 0.333. The standard InChI is InChI=1S/C21H26N4O4S/c1-15-8-9-18(16(2)14-15)30(28,29)25-12-10-24(11-13-25)19(20(26)23-21(22)27)17-6-4-3-5-7-17/h3-9,14,19H,10-13H2,1-2H3,(H3,22,23,26,27). The van der Waals surface area contributed by atoms with E-state index in [1.165, 1.54) is 4.31 Å². The molecule has 1 heterocycles. The van der Waals surface area contributed by atoms with Gasteiger partial charge in [0.15, 0.2) is 0 Å². The molecule has 0 bridgehead atoms. The zero-order valence-corrected chi connectivity index (χ0v) is 17.9. The van der Waals surface area contributed by atoms with Gasteiger partial charge in [-0.05, 0) is 31.0 Å². The lowest BCUT2D eigenvalue weighted by molar-refractivity contribution is -0.126. The number of urea groups is 1. The van der Waals surface area contributed by atoms with Crippen LogP contribution in [0, 0.1) is 13.8 Å². The number of nitrogens with two attached hydrogens (primary N) is 1. The van der Waals surface area contributed by atoms with Gasteiger partial charge in [-0.1, -0.05) is 48.0 Å². The number of aryl methyl sites for hydroxylation is 2. The number of carbonyl (C=O) groups excluding carboxylic acids is 2. The first-order valence-corrected chi connectivity index (χ1v) is 11.1. The third kappa shape index (κ3) is 4.69. The molecule has 2 aromatic carbocycles. The molecule has 1 fully saturated rings. The van der Waals surface area contributed by atoms with Crippen molar-refractivity contribution >= 4 is 22.0 Å². The van der Waals surface area contributed by atoms with Gasteiger partial charge in [-0.2, -0.15) is 4.31 Å². The van der Waals surface area contributed by atoms with Crippen molar-refractivity contribution in [1.29, 1.82) is 0 Å². The number of carbonyl (C=O) groups is 2. The molecule has 1 saturated heterocycles. The fourth-order valence-electron chi connectivity index (χ4n) is 3.78. The third-order valence-electron chi connectivity index (χ3n) is 5.20. The average molecular weight is 431 g/mol. The van der Waals surface area contributed by atoms with Crippen LogP contribution in [0.2, 0.25) is 0 Å². The van der Waals surface area contributed by atoms with Crippen LogP contribution in [0.3, 0.4) is 0 Å². The lowest BCUT2D eigenvalue weighted by Crippen LogP contribution is -2.53. The molecule has 1 aliphatic rings. The van der Waals surface area contributed by atoms with E-state index in [4.69, 9.17) is 5.73 Å². The number of benzene rings is 2. The van der Waals surface area contributed by atoms with Crippen molar-refractivity contribution in [3.63, 3.8) is 0 Å². The number of imide groups is 1. The minimum Gasteiger partial charge on any atom is -0.351 e. The van der Waals surface area contributed by atoms with Crippen molar-refractivity contribution in [2.24, 2.45) is 5.73 Å². The quantitative estimate of drug-likeness (QED) is 0.747. The smallest absolute Gasteiger partial charge is 0.318 e. The van der Waals surface area contributed by atoms with Crippen LogP contribution in [0.1, 0.15) is 22.7 Å². The van der Waals surface area contributed by atoms with Crippen LogP contribution in [-0.2, 0) is 14.8 Å². The Balaban J connectivity index is 1.79. The molecular formula is C21H26N4O4S. The van der Waals surface area contributed by atoms with E-state index in [2.05, 4.69) is 5.32 Å². The number of piperazine rings is 1. The van der Waals surface area contributed by atoms with Crippen LogP contribution in [0.15, 0.2) is 53.4 Å². The van der Waals surface area contributed by atoms with Gasteiger partial charge in [0.25, 0.3) is 0 Å². The van der Waals surface area contributed by atoms with E-state index >= 15 is 0 Å². The summed E-state index contributed by atoms with van der Waals surface area (Å²) in [6.45, 7) is 4.87. The highest BCUT2D eigenvalue weighted by atomic mass is 32.2. The fourth-order valence-corrected chi connectivity index (χ4v) is 5.41. The molecular weight excluding hydrogens is 404 g/mol. The Kier molecular flexibility index (Phi) is 6.55. The van der Waals surface area contributed by atoms with E-state index in [0.29, 0.717) is 29.1 Å². The molecule has 2 aromatic rings. The van der Waals surface area contributed by atoms with Crippen LogP contribution in [0.5, 0.6) is 0 Å². The first-order valence-electron chi connectivity index (χ1n) is 9.67. The van der Waals surface area contributed by atoms with Gasteiger partial charge in [0.1, 0.15) is 6.04 Å². The van der Waals surface area contributed by atoms with Crippen LogP contribution in [0.4, 0.5) is 4.79 Å². The van der Waals surface area contributed by atoms with Crippen molar-refractivity contribution < 1.29 is 18.0 Å². The SMILES string of the molecule is Cc1ccc(S(=O)(=O)N2CCN(C(C(=O)NC(N)=O)c3ccccc3)CC2)c(C)c1. The van der Waals surface area contributed by atoms with E-state index < -0.39 is 28.0 Å². The molecule has 3 N–H and O–H groups in total. The van der Waals surface area contributed by atoms with Gasteiger partial charge in [-0.3, -0.25) is 15.0 Å². The molecule has 30 heavy (non-hydrogen) atoms. The normalized spacial score (nSPS) is 16.7. The van der Waals surface area contributed by atoms with Gasteiger partial charge >= 0.3 is 6.03 Å². The summed E-state index contributed by atoms with van der Waals surface area (Å²) in [5, 5.41) is 2.15. The number of amides is 3. The van der Waals surface area contributed by atoms with Gasteiger partial charge in [-0.15, -0.1) is 0 Å². The zero-order chi connectivity index (χ0) is 21.9. The van der Waals surface area contributed by atoms with Crippen LogP contribution < -0.4 is 11.1 Å². The van der Waals surface area contributed by atoms with Crippen LogP contribution >= 0.6 is 0 Å². The summed E-state index contributed by atoms with van der Waals surface area (Å²) < 4.78 is 27.7. The Labute approximate surface area is 176 Å². The molecule has 3 rings (SSSR count). The number of rotatable bonds is 5. The summed E-state index contributed by atoms with van der Waals surface area (Å²) in [4.78, 5) is 26.0. The monoisotopic (exact) mass is 430 g/mol. The summed E-state index contributed by atoms with van der Waals surface area (Å²) in [6, 6.07) is 12.7. The number of primary amides is 1. The second kappa shape index (κ2) is 8.95.